The fourth-order valence-corrected chi connectivity index (χ4v) is 0.523. The van der Waals surface area contributed by atoms with E-state index < -0.39 is 0 Å². The van der Waals surface area contributed by atoms with Crippen LogP contribution in [-0.2, 0) is 4.79 Å². The largest absolute Gasteiger partial charge is 0.324 e. The van der Waals surface area contributed by atoms with Crippen LogP contribution in [0.3, 0.4) is 0 Å². The van der Waals surface area contributed by atoms with Crippen molar-refractivity contribution in [3.63, 3.8) is 0 Å². The number of halogens is 1. The Morgan fingerprint density at radius 3 is 2.90 bits per heavy atom. The normalized spacial score (nSPS) is 8.10. The van der Waals surface area contributed by atoms with Gasteiger partial charge in [0, 0.05) is 13.1 Å². The Morgan fingerprint density at radius 1 is 1.80 bits per heavy atom. The first-order chi connectivity index (χ1) is 4.29. The van der Waals surface area contributed by atoms with E-state index in [4.69, 9.17) is 0 Å². The second-order valence-corrected chi connectivity index (χ2v) is 1.67. The van der Waals surface area contributed by atoms with Gasteiger partial charge in [-0.25, -0.2) is 0 Å². The predicted octanol–water partition coefficient (Wildman–Crippen LogP) is 0.790. The molecule has 10 heavy (non-hydrogen) atoms. The van der Waals surface area contributed by atoms with E-state index in [2.05, 4.69) is 15.5 Å². The fourth-order valence-electron chi connectivity index (χ4n) is 0.523. The van der Waals surface area contributed by atoms with Crippen molar-refractivity contribution in [2.75, 3.05) is 5.32 Å². The number of H-pyrrole nitrogens is 1. The number of amides is 1. The lowest BCUT2D eigenvalue weighted by molar-refractivity contribution is -0.114. The molecule has 0 spiro atoms. The molecule has 0 fully saturated rings. The Labute approximate surface area is 64.4 Å². The van der Waals surface area contributed by atoms with E-state index in [9.17, 15) is 4.79 Å². The van der Waals surface area contributed by atoms with Gasteiger partial charge in [0.1, 0.15) is 0 Å². The molecule has 0 saturated carbocycles. The molecule has 4 nitrogen and oxygen atoms in total. The highest BCUT2D eigenvalue weighted by atomic mass is 35.5. The number of anilines is 1. The summed E-state index contributed by atoms with van der Waals surface area (Å²) in [6.45, 7) is 1.45. The third-order valence-electron chi connectivity index (χ3n) is 0.819. The number of hydrogen-bond donors (Lipinski definition) is 2. The first-order valence-electron chi connectivity index (χ1n) is 2.55. The molecular weight excluding hydrogens is 154 g/mol. The van der Waals surface area contributed by atoms with E-state index in [0.717, 1.165) is 0 Å². The zero-order valence-corrected chi connectivity index (χ0v) is 6.23. The van der Waals surface area contributed by atoms with Gasteiger partial charge < -0.3 is 5.32 Å². The van der Waals surface area contributed by atoms with Gasteiger partial charge in [-0.2, -0.15) is 5.10 Å². The van der Waals surface area contributed by atoms with Crippen molar-refractivity contribution >= 4 is 24.0 Å². The summed E-state index contributed by atoms with van der Waals surface area (Å²) in [6.07, 6.45) is 3.16. The van der Waals surface area contributed by atoms with E-state index >= 15 is 0 Å². The topological polar surface area (TPSA) is 57.8 Å². The van der Waals surface area contributed by atoms with Gasteiger partial charge in [-0.15, -0.1) is 12.4 Å². The molecule has 5 heteroatoms. The monoisotopic (exact) mass is 161 g/mol. The second-order valence-electron chi connectivity index (χ2n) is 1.67. The maximum atomic E-state index is 10.4. The van der Waals surface area contributed by atoms with Crippen molar-refractivity contribution in [2.24, 2.45) is 0 Å². The predicted molar refractivity (Wildman–Crippen MR) is 40.1 cm³/mol. The van der Waals surface area contributed by atoms with Crippen molar-refractivity contribution in [1.82, 2.24) is 10.2 Å². The summed E-state index contributed by atoms with van der Waals surface area (Å²) < 4.78 is 0. The molecule has 0 aliphatic heterocycles. The Morgan fingerprint density at radius 2 is 2.50 bits per heavy atom. The number of hydrogen-bond acceptors (Lipinski definition) is 2. The van der Waals surface area contributed by atoms with Crippen LogP contribution in [0.15, 0.2) is 12.4 Å². The molecule has 0 unspecified atom stereocenters. The third kappa shape index (κ3) is 2.50. The van der Waals surface area contributed by atoms with E-state index in [0.29, 0.717) is 5.69 Å². The molecule has 0 atom stereocenters. The van der Waals surface area contributed by atoms with Gasteiger partial charge >= 0.3 is 0 Å². The second kappa shape index (κ2) is 3.90. The number of aromatic amines is 1. The van der Waals surface area contributed by atoms with E-state index in [1.165, 1.54) is 6.92 Å². The van der Waals surface area contributed by atoms with Crippen LogP contribution in [0.4, 0.5) is 5.69 Å². The first kappa shape index (κ1) is 8.97. The van der Waals surface area contributed by atoms with Gasteiger partial charge in [0.25, 0.3) is 0 Å². The summed E-state index contributed by atoms with van der Waals surface area (Å²) in [4.78, 5) is 10.4. The molecule has 0 bridgehead atoms. The quantitative estimate of drug-likeness (QED) is 0.640. The Hall–Kier alpha value is -1.03. The summed E-state index contributed by atoms with van der Waals surface area (Å²) in [5, 5.41) is 8.76. The summed E-state index contributed by atoms with van der Waals surface area (Å²) in [7, 11) is 0. The molecule has 1 heterocycles. The van der Waals surface area contributed by atoms with Crippen LogP contribution < -0.4 is 5.32 Å². The van der Waals surface area contributed by atoms with Crippen molar-refractivity contribution in [1.29, 1.82) is 0 Å². The van der Waals surface area contributed by atoms with Crippen molar-refractivity contribution in [3.05, 3.63) is 12.4 Å². The minimum Gasteiger partial charge on any atom is -0.324 e. The molecule has 0 aliphatic carbocycles. The highest BCUT2D eigenvalue weighted by Crippen LogP contribution is 1.98. The van der Waals surface area contributed by atoms with Gasteiger partial charge in [-0.3, -0.25) is 9.89 Å². The highest BCUT2D eigenvalue weighted by Gasteiger charge is 1.92. The van der Waals surface area contributed by atoms with Gasteiger partial charge in [-0.1, -0.05) is 0 Å². The minimum atomic E-state index is -0.0867. The maximum Gasteiger partial charge on any atom is 0.221 e. The molecule has 1 aromatic rings. The molecule has 0 radical (unpaired) electrons. The van der Waals surface area contributed by atoms with Crippen LogP contribution in [-0.4, -0.2) is 16.1 Å². The van der Waals surface area contributed by atoms with E-state index in [-0.39, 0.29) is 18.3 Å². The van der Waals surface area contributed by atoms with E-state index in [1.807, 2.05) is 0 Å². The first-order valence-corrected chi connectivity index (χ1v) is 2.55. The van der Waals surface area contributed by atoms with Gasteiger partial charge in [0.15, 0.2) is 0 Å². The summed E-state index contributed by atoms with van der Waals surface area (Å²) in [5.41, 5.74) is 0.697. The average molecular weight is 162 g/mol. The van der Waals surface area contributed by atoms with Crippen molar-refractivity contribution in [3.8, 4) is 0 Å². The number of rotatable bonds is 1. The van der Waals surface area contributed by atoms with Gasteiger partial charge in [0.2, 0.25) is 5.91 Å². The summed E-state index contributed by atoms with van der Waals surface area (Å²) in [5.74, 6) is -0.0867. The molecule has 0 aromatic carbocycles. The van der Waals surface area contributed by atoms with E-state index in [1.54, 1.807) is 12.4 Å². The Balaban J connectivity index is 0.000000810. The smallest absolute Gasteiger partial charge is 0.221 e. The molecule has 2 N–H and O–H groups in total. The lowest BCUT2D eigenvalue weighted by Gasteiger charge is -1.91. The summed E-state index contributed by atoms with van der Waals surface area (Å²) in [6, 6.07) is 0. The highest BCUT2D eigenvalue weighted by molar-refractivity contribution is 5.88. The zero-order chi connectivity index (χ0) is 6.69. The molecule has 1 amide bonds. The number of aromatic nitrogens is 2. The average Bonchev–Trinajstić information content (AvgIpc) is 2.15. The Kier molecular flexibility index (Phi) is 3.49. The van der Waals surface area contributed by atoms with Crippen LogP contribution in [0.2, 0.25) is 0 Å². The molecule has 1 rings (SSSR count). The van der Waals surface area contributed by atoms with Crippen molar-refractivity contribution in [2.45, 2.75) is 6.92 Å². The molecular formula is C5H8ClN3O. The van der Waals surface area contributed by atoms with Crippen molar-refractivity contribution < 1.29 is 4.79 Å². The van der Waals surface area contributed by atoms with Gasteiger partial charge in [0.05, 0.1) is 11.9 Å². The van der Waals surface area contributed by atoms with Gasteiger partial charge in [-0.05, 0) is 0 Å². The number of carbonyl (C=O) groups is 1. The zero-order valence-electron chi connectivity index (χ0n) is 5.42. The number of nitrogens with one attached hydrogen (secondary N) is 2. The van der Waals surface area contributed by atoms with Crippen LogP contribution in [0, 0.1) is 0 Å². The number of carbonyl (C=O) groups excluding carboxylic acids is 1. The molecule has 1 aromatic heterocycles. The molecule has 0 aliphatic rings. The third-order valence-corrected chi connectivity index (χ3v) is 0.819. The lowest BCUT2D eigenvalue weighted by Crippen LogP contribution is -2.04. The van der Waals surface area contributed by atoms with Crippen LogP contribution in [0.5, 0.6) is 0 Å². The SMILES string of the molecule is CC(=O)Nc1cn[nH]c1.Cl. The number of nitrogens with zero attached hydrogens (tertiary/aromatic N) is 1. The molecule has 56 valence electrons. The van der Waals surface area contributed by atoms with Crippen LogP contribution in [0.25, 0.3) is 0 Å². The minimum absolute atomic E-state index is 0. The summed E-state index contributed by atoms with van der Waals surface area (Å²) >= 11 is 0. The van der Waals surface area contributed by atoms with Crippen LogP contribution in [0.1, 0.15) is 6.92 Å². The Bertz CT molecular complexity index is 197. The fraction of sp³-hybridized carbons (Fsp3) is 0.200. The molecule has 0 saturated heterocycles. The maximum absolute atomic E-state index is 10.4. The lowest BCUT2D eigenvalue weighted by atomic mass is 10.5. The standard InChI is InChI=1S/C5H7N3O.ClH/c1-4(9)8-5-2-6-7-3-5;/h2-3H,1H3,(H,6,7)(H,8,9);1H. The van der Waals surface area contributed by atoms with Crippen LogP contribution >= 0.6 is 12.4 Å².